The molecule has 1 atom stereocenters. The van der Waals surface area contributed by atoms with Gasteiger partial charge in [-0.25, -0.2) is 0 Å². The first-order chi connectivity index (χ1) is 9.27. The van der Waals surface area contributed by atoms with Crippen molar-refractivity contribution in [2.24, 2.45) is 5.92 Å². The van der Waals surface area contributed by atoms with E-state index in [0.717, 1.165) is 13.2 Å². The first-order valence-corrected chi connectivity index (χ1v) is 7.58. The van der Waals surface area contributed by atoms with Gasteiger partial charge in [-0.2, -0.15) is 0 Å². The van der Waals surface area contributed by atoms with E-state index in [-0.39, 0.29) is 0 Å². The van der Waals surface area contributed by atoms with E-state index in [2.05, 4.69) is 49.3 Å². The molecule has 0 heterocycles. The Labute approximate surface area is 117 Å². The Morgan fingerprint density at radius 1 is 1.11 bits per heavy atom. The molecule has 1 fully saturated rings. The van der Waals surface area contributed by atoms with Gasteiger partial charge in [0.25, 0.3) is 0 Å². The molecule has 2 nitrogen and oxygen atoms in total. The van der Waals surface area contributed by atoms with E-state index in [1.807, 2.05) is 0 Å². The molecule has 19 heavy (non-hydrogen) atoms. The molecule has 2 heteroatoms. The second kappa shape index (κ2) is 7.66. The molecular weight excluding hydrogens is 234 g/mol. The molecule has 0 spiro atoms. The van der Waals surface area contributed by atoms with Gasteiger partial charge in [0.05, 0.1) is 12.7 Å². The number of nitrogens with zero attached hydrogens (tertiary/aromatic N) is 1. The van der Waals surface area contributed by atoms with E-state index in [4.69, 9.17) is 4.74 Å². The first kappa shape index (κ1) is 14.5. The fraction of sp³-hybridized carbons (Fsp3) is 0.647. The summed E-state index contributed by atoms with van der Waals surface area (Å²) in [6.07, 6.45) is 7.07. The van der Waals surface area contributed by atoms with Crippen molar-refractivity contribution in [3.8, 4) is 0 Å². The largest absolute Gasteiger partial charge is 0.372 e. The average molecular weight is 261 g/mol. The summed E-state index contributed by atoms with van der Waals surface area (Å²) in [5.74, 6) is 0.707. The molecule has 0 radical (unpaired) electrons. The van der Waals surface area contributed by atoms with Crippen LogP contribution in [0, 0.1) is 5.92 Å². The Morgan fingerprint density at radius 3 is 2.42 bits per heavy atom. The second-order valence-corrected chi connectivity index (χ2v) is 5.90. The number of hydrogen-bond acceptors (Lipinski definition) is 2. The maximum atomic E-state index is 6.24. The predicted molar refractivity (Wildman–Crippen MR) is 80.3 cm³/mol. The fourth-order valence-electron chi connectivity index (χ4n) is 2.95. The molecule has 0 saturated heterocycles. The lowest BCUT2D eigenvalue weighted by atomic mass is 9.82. The number of benzene rings is 1. The molecule has 0 aliphatic heterocycles. The normalized spacial score (nSPS) is 18.7. The SMILES string of the molecule is CN(C)CCOC(c1ccccc1)C1CCCCC1. The fourth-order valence-corrected chi connectivity index (χ4v) is 2.95. The van der Waals surface area contributed by atoms with Crippen LogP contribution in [-0.4, -0.2) is 32.1 Å². The van der Waals surface area contributed by atoms with Crippen LogP contribution in [0.4, 0.5) is 0 Å². The molecular formula is C17H27NO. The Hall–Kier alpha value is -0.860. The maximum absolute atomic E-state index is 6.24. The summed E-state index contributed by atoms with van der Waals surface area (Å²) in [5.41, 5.74) is 1.35. The first-order valence-electron chi connectivity index (χ1n) is 7.58. The smallest absolute Gasteiger partial charge is 0.0853 e. The van der Waals surface area contributed by atoms with Crippen molar-refractivity contribution >= 4 is 0 Å². The highest BCUT2D eigenvalue weighted by atomic mass is 16.5. The van der Waals surface area contributed by atoms with Gasteiger partial charge in [-0.1, -0.05) is 49.6 Å². The van der Waals surface area contributed by atoms with Gasteiger partial charge in [0.2, 0.25) is 0 Å². The number of hydrogen-bond donors (Lipinski definition) is 0. The van der Waals surface area contributed by atoms with Gasteiger partial charge >= 0.3 is 0 Å². The van der Waals surface area contributed by atoms with Gasteiger partial charge in [-0.05, 0) is 38.4 Å². The third-order valence-electron chi connectivity index (χ3n) is 4.04. The average Bonchev–Trinajstić information content (AvgIpc) is 2.45. The standard InChI is InChI=1S/C17H27NO/c1-18(2)13-14-19-17(15-9-5-3-6-10-15)16-11-7-4-8-12-16/h3,5-6,9-10,16-17H,4,7-8,11-14H2,1-2H3. The lowest BCUT2D eigenvalue weighted by molar-refractivity contribution is -0.00688. The monoisotopic (exact) mass is 261 g/mol. The van der Waals surface area contributed by atoms with Gasteiger partial charge in [-0.3, -0.25) is 0 Å². The van der Waals surface area contributed by atoms with Gasteiger partial charge in [0, 0.05) is 6.54 Å². The summed E-state index contributed by atoms with van der Waals surface area (Å²) < 4.78 is 6.24. The van der Waals surface area contributed by atoms with Crippen molar-refractivity contribution in [2.45, 2.75) is 38.2 Å². The Bertz CT molecular complexity index is 344. The number of likely N-dealkylation sites (N-methyl/N-ethyl adjacent to an activating group) is 1. The molecule has 0 bridgehead atoms. The van der Waals surface area contributed by atoms with Gasteiger partial charge in [0.1, 0.15) is 0 Å². The predicted octanol–water partition coefficient (Wildman–Crippen LogP) is 3.89. The Morgan fingerprint density at radius 2 is 1.79 bits per heavy atom. The zero-order chi connectivity index (χ0) is 13.5. The minimum atomic E-state index is 0.293. The van der Waals surface area contributed by atoms with Crippen LogP contribution in [0.5, 0.6) is 0 Å². The molecule has 1 saturated carbocycles. The molecule has 106 valence electrons. The van der Waals surface area contributed by atoms with Crippen LogP contribution < -0.4 is 0 Å². The van der Waals surface area contributed by atoms with Crippen LogP contribution in [0.2, 0.25) is 0 Å². The summed E-state index contributed by atoms with van der Waals surface area (Å²) in [7, 11) is 4.20. The highest BCUT2D eigenvalue weighted by Crippen LogP contribution is 2.36. The summed E-state index contributed by atoms with van der Waals surface area (Å²) >= 11 is 0. The van der Waals surface area contributed by atoms with Crippen molar-refractivity contribution in [1.82, 2.24) is 4.90 Å². The maximum Gasteiger partial charge on any atom is 0.0853 e. The lowest BCUT2D eigenvalue weighted by Gasteiger charge is -2.31. The van der Waals surface area contributed by atoms with Crippen LogP contribution >= 0.6 is 0 Å². The highest BCUT2D eigenvalue weighted by Gasteiger charge is 2.25. The van der Waals surface area contributed by atoms with E-state index in [0.29, 0.717) is 12.0 Å². The third-order valence-corrected chi connectivity index (χ3v) is 4.04. The van der Waals surface area contributed by atoms with Crippen molar-refractivity contribution < 1.29 is 4.74 Å². The van der Waals surface area contributed by atoms with E-state index in [1.54, 1.807) is 0 Å². The van der Waals surface area contributed by atoms with E-state index in [9.17, 15) is 0 Å². The lowest BCUT2D eigenvalue weighted by Crippen LogP contribution is -2.24. The minimum absolute atomic E-state index is 0.293. The number of rotatable bonds is 6. The van der Waals surface area contributed by atoms with Crippen molar-refractivity contribution in [3.63, 3.8) is 0 Å². The highest BCUT2D eigenvalue weighted by molar-refractivity contribution is 5.18. The number of ether oxygens (including phenoxy) is 1. The molecule has 0 amide bonds. The molecule has 1 aliphatic rings. The third kappa shape index (κ3) is 4.63. The van der Waals surface area contributed by atoms with Crippen molar-refractivity contribution in [2.75, 3.05) is 27.2 Å². The zero-order valence-electron chi connectivity index (χ0n) is 12.3. The summed E-state index contributed by atoms with van der Waals surface area (Å²) in [6, 6.07) is 10.8. The van der Waals surface area contributed by atoms with E-state index < -0.39 is 0 Å². The van der Waals surface area contributed by atoms with Crippen LogP contribution in [0.25, 0.3) is 0 Å². The summed E-state index contributed by atoms with van der Waals surface area (Å²) in [5, 5.41) is 0. The minimum Gasteiger partial charge on any atom is -0.372 e. The quantitative estimate of drug-likeness (QED) is 0.770. The molecule has 1 aromatic rings. The van der Waals surface area contributed by atoms with Gasteiger partial charge in [0.15, 0.2) is 0 Å². The van der Waals surface area contributed by atoms with Crippen LogP contribution in [-0.2, 0) is 4.74 Å². The summed E-state index contributed by atoms with van der Waals surface area (Å²) in [6.45, 7) is 1.82. The molecule has 0 N–H and O–H groups in total. The molecule has 1 aromatic carbocycles. The van der Waals surface area contributed by atoms with Crippen molar-refractivity contribution in [3.05, 3.63) is 35.9 Å². The molecule has 0 aromatic heterocycles. The molecule has 2 rings (SSSR count). The van der Waals surface area contributed by atoms with Gasteiger partial charge < -0.3 is 9.64 Å². The molecule has 1 unspecified atom stereocenters. The second-order valence-electron chi connectivity index (χ2n) is 5.90. The van der Waals surface area contributed by atoms with Gasteiger partial charge in [-0.15, -0.1) is 0 Å². The van der Waals surface area contributed by atoms with Crippen molar-refractivity contribution in [1.29, 1.82) is 0 Å². The molecule has 1 aliphatic carbocycles. The van der Waals surface area contributed by atoms with E-state index in [1.165, 1.54) is 37.7 Å². The van der Waals surface area contributed by atoms with Crippen LogP contribution in [0.3, 0.4) is 0 Å². The summed E-state index contributed by atoms with van der Waals surface area (Å²) in [4.78, 5) is 2.18. The Balaban J connectivity index is 2.00. The van der Waals surface area contributed by atoms with Crippen LogP contribution in [0.15, 0.2) is 30.3 Å². The Kier molecular flexibility index (Phi) is 5.87. The van der Waals surface area contributed by atoms with Crippen LogP contribution in [0.1, 0.15) is 43.8 Å². The zero-order valence-corrected chi connectivity index (χ0v) is 12.3. The topological polar surface area (TPSA) is 12.5 Å². The van der Waals surface area contributed by atoms with E-state index >= 15 is 0 Å².